The van der Waals surface area contributed by atoms with Crippen molar-refractivity contribution >= 4 is 5.97 Å². The third kappa shape index (κ3) is 1.40. The molecule has 2 aliphatic heterocycles. The Morgan fingerprint density at radius 2 is 2.31 bits per heavy atom. The first-order chi connectivity index (χ1) is 6.27. The van der Waals surface area contributed by atoms with E-state index in [-0.39, 0.29) is 0 Å². The average molecular weight is 175 g/mol. The van der Waals surface area contributed by atoms with Gasteiger partial charge in [0, 0.05) is 18.1 Å². The topological polar surface area (TPSA) is 40.5 Å². The molecule has 0 bridgehead atoms. The van der Waals surface area contributed by atoms with Crippen LogP contribution in [0.4, 0.5) is 0 Å². The van der Waals surface area contributed by atoms with Gasteiger partial charge in [0.15, 0.2) is 0 Å². The average Bonchev–Trinajstić information content (AvgIpc) is 2.17. The molecule has 0 radical (unpaired) electrons. The Hall–Kier alpha value is -1.77. The van der Waals surface area contributed by atoms with Gasteiger partial charge in [-0.3, -0.25) is 0 Å². The summed E-state index contributed by atoms with van der Waals surface area (Å²) in [4.78, 5) is 12.5. The summed E-state index contributed by atoms with van der Waals surface area (Å²) in [5, 5.41) is 8.74. The lowest BCUT2D eigenvalue weighted by Crippen LogP contribution is -2.16. The molecule has 66 valence electrons. The highest BCUT2D eigenvalue weighted by Crippen LogP contribution is 2.20. The highest BCUT2D eigenvalue weighted by atomic mass is 16.4. The summed E-state index contributed by atoms with van der Waals surface area (Å²) in [5.74, 6) is -0.894. The zero-order chi connectivity index (χ0) is 9.26. The minimum atomic E-state index is -0.894. The SMILES string of the molecule is O=C(O)C1=CN2C=CCC=C2C=C1. The number of hydrogen-bond donors (Lipinski definition) is 1. The molecule has 3 nitrogen and oxygen atoms in total. The van der Waals surface area contributed by atoms with Gasteiger partial charge in [-0.05, 0) is 18.6 Å². The van der Waals surface area contributed by atoms with Crippen molar-refractivity contribution in [3.63, 3.8) is 0 Å². The van der Waals surface area contributed by atoms with E-state index in [0.717, 1.165) is 12.1 Å². The van der Waals surface area contributed by atoms with E-state index in [2.05, 4.69) is 0 Å². The number of carboxylic acids is 1. The Bertz CT molecular complexity index is 361. The van der Waals surface area contributed by atoms with Crippen molar-refractivity contribution in [1.82, 2.24) is 4.90 Å². The summed E-state index contributed by atoms with van der Waals surface area (Å²) < 4.78 is 0. The van der Waals surface area contributed by atoms with Crippen LogP contribution < -0.4 is 0 Å². The first-order valence-electron chi connectivity index (χ1n) is 4.06. The normalized spacial score (nSPS) is 19.2. The molecular weight excluding hydrogens is 166 g/mol. The molecule has 2 heterocycles. The van der Waals surface area contributed by atoms with Crippen LogP contribution in [0.5, 0.6) is 0 Å². The second-order valence-corrected chi connectivity index (χ2v) is 2.88. The summed E-state index contributed by atoms with van der Waals surface area (Å²) in [5.41, 5.74) is 1.34. The maximum Gasteiger partial charge on any atom is 0.337 e. The number of hydrogen-bond acceptors (Lipinski definition) is 2. The third-order valence-electron chi connectivity index (χ3n) is 1.99. The Kier molecular flexibility index (Phi) is 1.77. The number of rotatable bonds is 1. The van der Waals surface area contributed by atoms with Gasteiger partial charge in [0.1, 0.15) is 0 Å². The molecule has 3 heteroatoms. The molecule has 0 amide bonds. The van der Waals surface area contributed by atoms with E-state index in [9.17, 15) is 4.79 Å². The smallest absolute Gasteiger partial charge is 0.337 e. The van der Waals surface area contributed by atoms with E-state index in [1.54, 1.807) is 12.3 Å². The molecule has 0 atom stereocenters. The van der Waals surface area contributed by atoms with Gasteiger partial charge in [0.2, 0.25) is 0 Å². The summed E-state index contributed by atoms with van der Waals surface area (Å²) in [6.07, 6.45) is 11.9. The fourth-order valence-corrected chi connectivity index (χ4v) is 1.32. The largest absolute Gasteiger partial charge is 0.478 e. The van der Waals surface area contributed by atoms with Gasteiger partial charge >= 0.3 is 5.97 Å². The molecule has 0 aromatic carbocycles. The predicted molar refractivity (Wildman–Crippen MR) is 48.5 cm³/mol. The minimum absolute atomic E-state index is 0.309. The third-order valence-corrected chi connectivity index (χ3v) is 1.99. The van der Waals surface area contributed by atoms with E-state index in [1.807, 2.05) is 29.3 Å². The van der Waals surface area contributed by atoms with Crippen molar-refractivity contribution in [2.75, 3.05) is 0 Å². The van der Waals surface area contributed by atoms with Crippen molar-refractivity contribution in [1.29, 1.82) is 0 Å². The maximum atomic E-state index is 10.6. The molecule has 13 heavy (non-hydrogen) atoms. The van der Waals surface area contributed by atoms with Crippen LogP contribution in [0.3, 0.4) is 0 Å². The van der Waals surface area contributed by atoms with Crippen molar-refractivity contribution < 1.29 is 9.90 Å². The van der Waals surface area contributed by atoms with Crippen LogP contribution >= 0.6 is 0 Å². The first kappa shape index (κ1) is 7.86. The number of carbonyl (C=O) groups is 1. The Balaban J connectivity index is 2.31. The molecule has 0 aromatic heterocycles. The predicted octanol–water partition coefficient (Wildman–Crippen LogP) is 1.63. The molecule has 0 fully saturated rings. The fraction of sp³-hybridized carbons (Fsp3) is 0.100. The van der Waals surface area contributed by atoms with Gasteiger partial charge in [0.05, 0.1) is 5.57 Å². The van der Waals surface area contributed by atoms with Crippen molar-refractivity contribution in [2.45, 2.75) is 6.42 Å². The van der Waals surface area contributed by atoms with Crippen LogP contribution in [0.15, 0.2) is 48.0 Å². The van der Waals surface area contributed by atoms with Crippen LogP contribution in [-0.2, 0) is 4.79 Å². The minimum Gasteiger partial charge on any atom is -0.478 e. The van der Waals surface area contributed by atoms with E-state index in [0.29, 0.717) is 5.57 Å². The summed E-state index contributed by atoms with van der Waals surface area (Å²) in [6.45, 7) is 0. The van der Waals surface area contributed by atoms with Crippen LogP contribution in [0, 0.1) is 0 Å². The van der Waals surface area contributed by atoms with Crippen molar-refractivity contribution in [3.05, 3.63) is 48.0 Å². The lowest BCUT2D eigenvalue weighted by Gasteiger charge is -2.23. The summed E-state index contributed by atoms with van der Waals surface area (Å²) in [6, 6.07) is 0. The zero-order valence-corrected chi connectivity index (χ0v) is 6.97. The van der Waals surface area contributed by atoms with Crippen LogP contribution in [0.2, 0.25) is 0 Å². The summed E-state index contributed by atoms with van der Waals surface area (Å²) >= 11 is 0. The number of allylic oxidation sites excluding steroid dienone is 3. The van der Waals surface area contributed by atoms with Crippen molar-refractivity contribution in [3.8, 4) is 0 Å². The van der Waals surface area contributed by atoms with Crippen molar-refractivity contribution in [2.24, 2.45) is 0 Å². The van der Waals surface area contributed by atoms with Crippen LogP contribution in [-0.4, -0.2) is 16.0 Å². The van der Waals surface area contributed by atoms with E-state index in [4.69, 9.17) is 5.11 Å². The molecule has 2 rings (SSSR count). The van der Waals surface area contributed by atoms with Crippen LogP contribution in [0.25, 0.3) is 0 Å². The van der Waals surface area contributed by atoms with Gasteiger partial charge in [-0.15, -0.1) is 0 Å². The van der Waals surface area contributed by atoms with Gasteiger partial charge < -0.3 is 10.0 Å². The molecule has 2 aliphatic rings. The van der Waals surface area contributed by atoms with Gasteiger partial charge in [0.25, 0.3) is 0 Å². The van der Waals surface area contributed by atoms with Crippen LogP contribution in [0.1, 0.15) is 6.42 Å². The number of aliphatic carboxylic acids is 1. The van der Waals surface area contributed by atoms with E-state index >= 15 is 0 Å². The standard InChI is InChI=1S/C10H9NO2/c12-10(13)8-4-5-9-3-1-2-6-11(9)7-8/h2-7H,1H2,(H,12,13). The molecule has 0 unspecified atom stereocenters. The molecule has 0 spiro atoms. The summed E-state index contributed by atoms with van der Waals surface area (Å²) in [7, 11) is 0. The lowest BCUT2D eigenvalue weighted by molar-refractivity contribution is -0.132. The van der Waals surface area contributed by atoms with E-state index < -0.39 is 5.97 Å². The first-order valence-corrected chi connectivity index (χ1v) is 4.06. The molecular formula is C10H9NO2. The quantitative estimate of drug-likeness (QED) is 0.658. The Morgan fingerprint density at radius 3 is 3.08 bits per heavy atom. The molecule has 0 aromatic rings. The molecule has 0 aliphatic carbocycles. The highest BCUT2D eigenvalue weighted by molar-refractivity contribution is 5.90. The number of carboxylic acid groups (broad SMARTS) is 1. The maximum absolute atomic E-state index is 10.6. The zero-order valence-electron chi connectivity index (χ0n) is 6.97. The second-order valence-electron chi connectivity index (χ2n) is 2.88. The number of fused-ring (bicyclic) bond motifs is 1. The highest BCUT2D eigenvalue weighted by Gasteiger charge is 2.13. The second kappa shape index (κ2) is 2.94. The molecule has 1 N–H and O–H groups in total. The Morgan fingerprint density at radius 1 is 1.46 bits per heavy atom. The van der Waals surface area contributed by atoms with Gasteiger partial charge in [-0.25, -0.2) is 4.79 Å². The monoisotopic (exact) mass is 175 g/mol. The van der Waals surface area contributed by atoms with Gasteiger partial charge in [-0.1, -0.05) is 12.2 Å². The van der Waals surface area contributed by atoms with E-state index in [1.165, 1.54) is 0 Å². The molecule has 0 saturated carbocycles. The fourth-order valence-electron chi connectivity index (χ4n) is 1.32. The lowest BCUT2D eigenvalue weighted by atomic mass is 10.1. The molecule has 0 saturated heterocycles. The Labute approximate surface area is 76.0 Å². The number of nitrogens with zero attached hydrogens (tertiary/aromatic N) is 1. The van der Waals surface area contributed by atoms with Gasteiger partial charge in [-0.2, -0.15) is 0 Å².